The summed E-state index contributed by atoms with van der Waals surface area (Å²) in [5, 5.41) is 18.3. The van der Waals surface area contributed by atoms with Gasteiger partial charge in [0.15, 0.2) is 0 Å². The van der Waals surface area contributed by atoms with E-state index in [1.54, 1.807) is 18.0 Å². The number of hydrogen-bond acceptors (Lipinski definition) is 4. The van der Waals surface area contributed by atoms with Gasteiger partial charge in [-0.2, -0.15) is 0 Å². The Bertz CT molecular complexity index is 522. The van der Waals surface area contributed by atoms with Crippen LogP contribution in [0.15, 0.2) is 36.5 Å². The zero-order valence-corrected chi connectivity index (χ0v) is 11.4. The topological polar surface area (TPSA) is 60.2 Å². The number of aliphatic hydroxyl groups excluding tert-OH is 1. The maximum Gasteiger partial charge on any atom is 0.100 e. The van der Waals surface area contributed by atoms with Crippen molar-refractivity contribution in [2.24, 2.45) is 0 Å². The number of benzene rings is 1. The smallest absolute Gasteiger partial charge is 0.100 e. The van der Waals surface area contributed by atoms with Gasteiger partial charge in [0.2, 0.25) is 0 Å². The minimum absolute atomic E-state index is 0.398. The summed E-state index contributed by atoms with van der Waals surface area (Å²) >= 11 is 0. The molecule has 1 unspecified atom stereocenters. The first-order valence-corrected chi connectivity index (χ1v) is 6.23. The average Bonchev–Trinajstić information content (AvgIpc) is 2.88. The van der Waals surface area contributed by atoms with Gasteiger partial charge in [0.1, 0.15) is 6.10 Å². The summed E-state index contributed by atoms with van der Waals surface area (Å²) in [6.45, 7) is 3.87. The van der Waals surface area contributed by atoms with Crippen molar-refractivity contribution >= 4 is 0 Å². The minimum atomic E-state index is -0.676. The standard InChI is InChI=1S/C14H19N3O2/c1-14(2,19-3)9-13(18)12-10-15-16-17(12)11-7-5-4-6-8-11/h4-8,10,13,18H,9H2,1-3H3. The van der Waals surface area contributed by atoms with Gasteiger partial charge in [0.05, 0.1) is 23.2 Å². The Balaban J connectivity index is 2.25. The molecule has 0 aliphatic carbocycles. The van der Waals surface area contributed by atoms with Crippen molar-refractivity contribution in [1.82, 2.24) is 15.0 Å². The number of para-hydroxylation sites is 1. The van der Waals surface area contributed by atoms with Gasteiger partial charge in [-0.15, -0.1) is 5.10 Å². The highest BCUT2D eigenvalue weighted by atomic mass is 16.5. The highest BCUT2D eigenvalue weighted by molar-refractivity contribution is 5.32. The van der Waals surface area contributed by atoms with E-state index in [9.17, 15) is 5.11 Å². The Labute approximate surface area is 112 Å². The molecule has 1 aromatic carbocycles. The van der Waals surface area contributed by atoms with E-state index in [1.165, 1.54) is 0 Å². The molecule has 2 aromatic rings. The van der Waals surface area contributed by atoms with Crippen LogP contribution in [0.3, 0.4) is 0 Å². The first-order chi connectivity index (χ1) is 9.03. The number of aliphatic hydroxyl groups is 1. The van der Waals surface area contributed by atoms with Crippen LogP contribution in [0.2, 0.25) is 0 Å². The summed E-state index contributed by atoms with van der Waals surface area (Å²) in [6.07, 6.45) is 1.39. The maximum absolute atomic E-state index is 10.3. The van der Waals surface area contributed by atoms with E-state index in [2.05, 4.69) is 10.3 Å². The first-order valence-electron chi connectivity index (χ1n) is 6.23. The lowest BCUT2D eigenvalue weighted by atomic mass is 9.99. The van der Waals surface area contributed by atoms with Crippen LogP contribution in [-0.2, 0) is 4.74 Å². The molecule has 0 radical (unpaired) electrons. The molecule has 5 heteroatoms. The summed E-state index contributed by atoms with van der Waals surface area (Å²) in [4.78, 5) is 0. The molecule has 0 aliphatic rings. The van der Waals surface area contributed by atoms with E-state index in [4.69, 9.17) is 4.74 Å². The van der Waals surface area contributed by atoms with Crippen molar-refractivity contribution < 1.29 is 9.84 Å². The largest absolute Gasteiger partial charge is 0.387 e. The molecular formula is C14H19N3O2. The molecule has 0 amide bonds. The molecule has 0 saturated heterocycles. The van der Waals surface area contributed by atoms with Gasteiger partial charge in [0.25, 0.3) is 0 Å². The van der Waals surface area contributed by atoms with Crippen LogP contribution in [0.25, 0.3) is 5.69 Å². The fourth-order valence-electron chi connectivity index (χ4n) is 1.89. The van der Waals surface area contributed by atoms with Crippen LogP contribution in [0.4, 0.5) is 0 Å². The fourth-order valence-corrected chi connectivity index (χ4v) is 1.89. The number of rotatable bonds is 5. The molecule has 0 aliphatic heterocycles. The third-order valence-electron chi connectivity index (χ3n) is 3.16. The van der Waals surface area contributed by atoms with Gasteiger partial charge in [-0.1, -0.05) is 23.4 Å². The van der Waals surface area contributed by atoms with Crippen molar-refractivity contribution in [3.05, 3.63) is 42.2 Å². The van der Waals surface area contributed by atoms with Crippen molar-refractivity contribution in [2.75, 3.05) is 7.11 Å². The van der Waals surface area contributed by atoms with E-state index < -0.39 is 11.7 Å². The summed E-state index contributed by atoms with van der Waals surface area (Å²) < 4.78 is 6.99. The Kier molecular flexibility index (Phi) is 3.97. The number of aromatic nitrogens is 3. The summed E-state index contributed by atoms with van der Waals surface area (Å²) in [6, 6.07) is 9.63. The molecule has 19 heavy (non-hydrogen) atoms. The molecule has 0 spiro atoms. The molecule has 102 valence electrons. The predicted molar refractivity (Wildman–Crippen MR) is 72.0 cm³/mol. The summed E-state index contributed by atoms with van der Waals surface area (Å²) in [7, 11) is 1.64. The summed E-state index contributed by atoms with van der Waals surface area (Å²) in [5.74, 6) is 0. The van der Waals surface area contributed by atoms with Crippen LogP contribution in [0, 0.1) is 0 Å². The van der Waals surface area contributed by atoms with Crippen LogP contribution >= 0.6 is 0 Å². The van der Waals surface area contributed by atoms with E-state index >= 15 is 0 Å². The number of nitrogens with zero attached hydrogens (tertiary/aromatic N) is 3. The van der Waals surface area contributed by atoms with Crippen LogP contribution < -0.4 is 0 Å². The lowest BCUT2D eigenvalue weighted by molar-refractivity contribution is -0.0215. The highest BCUT2D eigenvalue weighted by Gasteiger charge is 2.25. The quantitative estimate of drug-likeness (QED) is 0.895. The van der Waals surface area contributed by atoms with Crippen molar-refractivity contribution in [1.29, 1.82) is 0 Å². The average molecular weight is 261 g/mol. The molecule has 2 rings (SSSR count). The summed E-state index contributed by atoms with van der Waals surface area (Å²) in [5.41, 5.74) is 1.14. The monoisotopic (exact) mass is 261 g/mol. The Morgan fingerprint density at radius 2 is 2.00 bits per heavy atom. The lowest BCUT2D eigenvalue weighted by Gasteiger charge is -2.25. The maximum atomic E-state index is 10.3. The molecule has 0 fully saturated rings. The zero-order valence-electron chi connectivity index (χ0n) is 11.4. The number of ether oxygens (including phenoxy) is 1. The molecule has 0 bridgehead atoms. The molecular weight excluding hydrogens is 242 g/mol. The van der Waals surface area contributed by atoms with Crippen molar-refractivity contribution in [3.8, 4) is 5.69 Å². The Morgan fingerprint density at radius 3 is 2.63 bits per heavy atom. The van der Waals surface area contributed by atoms with E-state index in [-0.39, 0.29) is 0 Å². The highest BCUT2D eigenvalue weighted by Crippen LogP contribution is 2.26. The second-order valence-electron chi connectivity index (χ2n) is 5.09. The van der Waals surface area contributed by atoms with Gasteiger partial charge < -0.3 is 9.84 Å². The van der Waals surface area contributed by atoms with Crippen LogP contribution in [-0.4, -0.2) is 32.8 Å². The molecule has 1 N–H and O–H groups in total. The lowest BCUT2D eigenvalue weighted by Crippen LogP contribution is -2.26. The third kappa shape index (κ3) is 3.19. The second-order valence-corrected chi connectivity index (χ2v) is 5.09. The SMILES string of the molecule is COC(C)(C)CC(O)c1cnnn1-c1ccccc1. The molecule has 1 atom stereocenters. The van der Waals surface area contributed by atoms with Gasteiger partial charge >= 0.3 is 0 Å². The van der Waals surface area contributed by atoms with E-state index in [0.29, 0.717) is 12.1 Å². The fraction of sp³-hybridized carbons (Fsp3) is 0.429. The predicted octanol–water partition coefficient (Wildman–Crippen LogP) is 2.12. The van der Waals surface area contributed by atoms with E-state index in [0.717, 1.165) is 5.69 Å². The van der Waals surface area contributed by atoms with Gasteiger partial charge in [-0.05, 0) is 26.0 Å². The molecule has 1 aromatic heterocycles. The number of hydrogen-bond donors (Lipinski definition) is 1. The normalized spacial score (nSPS) is 13.5. The second kappa shape index (κ2) is 5.50. The van der Waals surface area contributed by atoms with Crippen molar-refractivity contribution in [3.63, 3.8) is 0 Å². The van der Waals surface area contributed by atoms with Gasteiger partial charge in [-0.3, -0.25) is 0 Å². The van der Waals surface area contributed by atoms with Gasteiger partial charge in [0, 0.05) is 13.5 Å². The zero-order chi connectivity index (χ0) is 13.9. The van der Waals surface area contributed by atoms with Gasteiger partial charge in [-0.25, -0.2) is 4.68 Å². The third-order valence-corrected chi connectivity index (χ3v) is 3.16. The van der Waals surface area contributed by atoms with Crippen LogP contribution in [0.5, 0.6) is 0 Å². The van der Waals surface area contributed by atoms with Crippen LogP contribution in [0.1, 0.15) is 32.1 Å². The molecule has 5 nitrogen and oxygen atoms in total. The van der Waals surface area contributed by atoms with E-state index in [1.807, 2.05) is 44.2 Å². The minimum Gasteiger partial charge on any atom is -0.387 e. The Morgan fingerprint density at radius 1 is 1.32 bits per heavy atom. The Hall–Kier alpha value is -1.72. The number of methoxy groups -OCH3 is 1. The molecule has 1 heterocycles. The molecule has 0 saturated carbocycles. The first kappa shape index (κ1) is 13.7. The van der Waals surface area contributed by atoms with Crippen molar-refractivity contribution in [2.45, 2.75) is 32.0 Å².